The lowest BCUT2D eigenvalue weighted by molar-refractivity contribution is -0.123. The number of nitrogens with one attached hydrogen (secondary N) is 1. The summed E-state index contributed by atoms with van der Waals surface area (Å²) in [6.45, 7) is 7.86. The molecule has 0 radical (unpaired) electrons. The Kier molecular flexibility index (Phi) is 3.53. The van der Waals surface area contributed by atoms with Gasteiger partial charge in [-0.1, -0.05) is 11.2 Å². The molecule has 1 fully saturated rings. The van der Waals surface area contributed by atoms with Crippen LogP contribution in [0.4, 0.5) is 0 Å². The van der Waals surface area contributed by atoms with E-state index in [2.05, 4.69) is 22.0 Å². The minimum atomic E-state index is 0.0186. The van der Waals surface area contributed by atoms with E-state index in [0.717, 1.165) is 13.1 Å². The van der Waals surface area contributed by atoms with Crippen molar-refractivity contribution in [2.75, 3.05) is 26.2 Å². The minimum Gasteiger partial charge on any atom is -0.352 e. The number of hydrogen-bond acceptors (Lipinski definition) is 5. The van der Waals surface area contributed by atoms with Crippen LogP contribution < -0.4 is 5.32 Å². The van der Waals surface area contributed by atoms with Crippen LogP contribution in [-0.4, -0.2) is 47.1 Å². The molecule has 0 spiro atoms. The van der Waals surface area contributed by atoms with Crippen molar-refractivity contribution in [1.29, 1.82) is 0 Å². The fraction of sp³-hybridized carbons (Fsp3) is 0.545. The van der Waals surface area contributed by atoms with Crippen LogP contribution in [0.3, 0.4) is 0 Å². The third kappa shape index (κ3) is 2.91. The Morgan fingerprint density at radius 1 is 1.71 bits per heavy atom. The van der Waals surface area contributed by atoms with E-state index >= 15 is 0 Å². The number of aromatic nitrogens is 2. The van der Waals surface area contributed by atoms with Gasteiger partial charge in [-0.25, -0.2) is 0 Å². The first-order chi connectivity index (χ1) is 8.19. The van der Waals surface area contributed by atoms with Crippen LogP contribution in [-0.2, 0) is 4.79 Å². The van der Waals surface area contributed by atoms with Gasteiger partial charge in [0.2, 0.25) is 11.8 Å². The molecule has 0 saturated carbocycles. The highest BCUT2D eigenvalue weighted by Gasteiger charge is 2.33. The molecule has 0 aromatic carbocycles. The molecule has 0 atom stereocenters. The molecular weight excluding hydrogens is 220 g/mol. The van der Waals surface area contributed by atoms with Crippen LogP contribution in [0.15, 0.2) is 17.2 Å². The van der Waals surface area contributed by atoms with Crippen LogP contribution in [0.5, 0.6) is 0 Å². The smallest absolute Gasteiger partial charge is 0.234 e. The second kappa shape index (κ2) is 5.09. The number of rotatable bonds is 5. The molecule has 1 aliphatic heterocycles. The number of carbonyl (C=O) groups is 1. The van der Waals surface area contributed by atoms with Crippen LogP contribution in [0.2, 0.25) is 0 Å². The normalized spacial score (nSPS) is 16.5. The van der Waals surface area contributed by atoms with Crippen molar-refractivity contribution < 1.29 is 9.32 Å². The summed E-state index contributed by atoms with van der Waals surface area (Å²) in [6.07, 6.45) is 1.66. The van der Waals surface area contributed by atoms with Crippen molar-refractivity contribution >= 4 is 5.91 Å². The van der Waals surface area contributed by atoms with E-state index in [1.165, 1.54) is 0 Å². The first-order valence-electron chi connectivity index (χ1n) is 5.59. The van der Waals surface area contributed by atoms with Crippen molar-refractivity contribution in [2.24, 2.45) is 0 Å². The minimum absolute atomic E-state index is 0.0186. The monoisotopic (exact) mass is 236 g/mol. The molecule has 0 bridgehead atoms. The molecule has 92 valence electrons. The molecule has 0 unspecified atom stereocenters. The topological polar surface area (TPSA) is 71.3 Å². The lowest BCUT2D eigenvalue weighted by atomic mass is 10.0. The van der Waals surface area contributed by atoms with Gasteiger partial charge in [0, 0.05) is 19.6 Å². The summed E-state index contributed by atoms with van der Waals surface area (Å²) >= 11 is 0. The van der Waals surface area contributed by atoms with Crippen molar-refractivity contribution in [3.05, 3.63) is 24.4 Å². The zero-order valence-electron chi connectivity index (χ0n) is 9.85. The second-order valence-electron chi connectivity index (χ2n) is 4.16. The second-order valence-corrected chi connectivity index (χ2v) is 4.16. The Labute approximate surface area is 99.7 Å². The van der Waals surface area contributed by atoms with Gasteiger partial charge in [-0.3, -0.25) is 9.69 Å². The quantitative estimate of drug-likeness (QED) is 0.733. The predicted octanol–water partition coefficient (Wildman–Crippen LogP) is 0.0794. The van der Waals surface area contributed by atoms with Crippen LogP contribution in [0.1, 0.15) is 17.6 Å². The van der Waals surface area contributed by atoms with Gasteiger partial charge < -0.3 is 9.84 Å². The fourth-order valence-electron chi connectivity index (χ4n) is 1.78. The van der Waals surface area contributed by atoms with Gasteiger partial charge in [-0.05, 0) is 6.92 Å². The molecule has 1 N–H and O–H groups in total. The standard InChI is InChI=1S/C11H16N4O2/c1-3-4-12-10(16)7-15-5-9(6-15)11-13-8(2)14-17-11/h3,9H,1,4-7H2,2H3,(H,12,16). The summed E-state index contributed by atoms with van der Waals surface area (Å²) in [5.74, 6) is 1.61. The molecule has 2 heterocycles. The summed E-state index contributed by atoms with van der Waals surface area (Å²) in [6, 6.07) is 0. The van der Waals surface area contributed by atoms with Crippen molar-refractivity contribution in [3.8, 4) is 0 Å². The molecule has 0 aliphatic carbocycles. The van der Waals surface area contributed by atoms with E-state index in [4.69, 9.17) is 4.52 Å². The van der Waals surface area contributed by atoms with Gasteiger partial charge in [0.25, 0.3) is 0 Å². The summed E-state index contributed by atoms with van der Waals surface area (Å²) < 4.78 is 5.08. The molecule has 1 amide bonds. The Morgan fingerprint density at radius 3 is 3.06 bits per heavy atom. The van der Waals surface area contributed by atoms with Gasteiger partial charge in [0.05, 0.1) is 12.5 Å². The van der Waals surface area contributed by atoms with E-state index in [0.29, 0.717) is 24.8 Å². The van der Waals surface area contributed by atoms with Gasteiger partial charge in [-0.2, -0.15) is 4.98 Å². The molecule has 1 saturated heterocycles. The van der Waals surface area contributed by atoms with Gasteiger partial charge in [0.1, 0.15) is 0 Å². The first-order valence-corrected chi connectivity index (χ1v) is 5.59. The van der Waals surface area contributed by atoms with E-state index in [1.807, 2.05) is 4.90 Å². The lowest BCUT2D eigenvalue weighted by Crippen LogP contribution is -2.49. The van der Waals surface area contributed by atoms with E-state index < -0.39 is 0 Å². The van der Waals surface area contributed by atoms with Crippen molar-refractivity contribution in [2.45, 2.75) is 12.8 Å². The maximum Gasteiger partial charge on any atom is 0.234 e. The number of carbonyl (C=O) groups excluding carboxylic acids is 1. The average Bonchev–Trinajstić information content (AvgIpc) is 2.66. The molecular formula is C11H16N4O2. The van der Waals surface area contributed by atoms with Crippen LogP contribution >= 0.6 is 0 Å². The third-order valence-corrected chi connectivity index (χ3v) is 2.66. The molecule has 1 aromatic rings. The average molecular weight is 236 g/mol. The highest BCUT2D eigenvalue weighted by atomic mass is 16.5. The number of hydrogen-bond donors (Lipinski definition) is 1. The third-order valence-electron chi connectivity index (χ3n) is 2.66. The fourth-order valence-corrected chi connectivity index (χ4v) is 1.78. The highest BCUT2D eigenvalue weighted by molar-refractivity contribution is 5.78. The molecule has 17 heavy (non-hydrogen) atoms. The van der Waals surface area contributed by atoms with Gasteiger partial charge in [0.15, 0.2) is 5.82 Å². The predicted molar refractivity (Wildman–Crippen MR) is 61.4 cm³/mol. The molecule has 1 aromatic heterocycles. The van der Waals surface area contributed by atoms with Crippen molar-refractivity contribution in [3.63, 3.8) is 0 Å². The molecule has 2 rings (SSSR count). The number of likely N-dealkylation sites (tertiary alicyclic amines) is 1. The zero-order chi connectivity index (χ0) is 12.3. The Hall–Kier alpha value is -1.69. The summed E-state index contributed by atoms with van der Waals surface area (Å²) in [5, 5.41) is 6.49. The van der Waals surface area contributed by atoms with Gasteiger partial charge in [-0.15, -0.1) is 6.58 Å². The lowest BCUT2D eigenvalue weighted by Gasteiger charge is -2.36. The number of nitrogens with zero attached hydrogens (tertiary/aromatic N) is 3. The summed E-state index contributed by atoms with van der Waals surface area (Å²) in [5.41, 5.74) is 0. The van der Waals surface area contributed by atoms with E-state index in [9.17, 15) is 4.79 Å². The van der Waals surface area contributed by atoms with Crippen LogP contribution in [0.25, 0.3) is 0 Å². The molecule has 6 heteroatoms. The highest BCUT2D eigenvalue weighted by Crippen LogP contribution is 2.24. The Bertz CT molecular complexity index is 409. The zero-order valence-corrected chi connectivity index (χ0v) is 9.85. The Morgan fingerprint density at radius 2 is 2.47 bits per heavy atom. The number of amides is 1. The van der Waals surface area contributed by atoms with Gasteiger partial charge >= 0.3 is 0 Å². The Balaban J connectivity index is 1.72. The molecule has 6 nitrogen and oxygen atoms in total. The van der Waals surface area contributed by atoms with Crippen molar-refractivity contribution in [1.82, 2.24) is 20.4 Å². The maximum atomic E-state index is 11.4. The maximum absolute atomic E-state index is 11.4. The van der Waals surface area contributed by atoms with E-state index in [1.54, 1.807) is 13.0 Å². The number of aryl methyl sites for hydroxylation is 1. The largest absolute Gasteiger partial charge is 0.352 e. The summed E-state index contributed by atoms with van der Waals surface area (Å²) in [7, 11) is 0. The first kappa shape index (κ1) is 11.8. The van der Waals surface area contributed by atoms with Crippen LogP contribution in [0, 0.1) is 6.92 Å². The van der Waals surface area contributed by atoms with E-state index in [-0.39, 0.29) is 11.8 Å². The molecule has 1 aliphatic rings. The SMILES string of the molecule is C=CCNC(=O)CN1CC(c2nc(C)no2)C1. The summed E-state index contributed by atoms with van der Waals surface area (Å²) in [4.78, 5) is 17.6.